The summed E-state index contributed by atoms with van der Waals surface area (Å²) >= 11 is 5.86. The third-order valence-electron chi connectivity index (χ3n) is 3.15. The average molecular weight is 304 g/mol. The molecular formula is C17H18ClNO2. The van der Waals surface area contributed by atoms with E-state index in [9.17, 15) is 4.79 Å². The van der Waals surface area contributed by atoms with Gasteiger partial charge in [0, 0.05) is 23.0 Å². The van der Waals surface area contributed by atoms with Crippen molar-refractivity contribution in [1.82, 2.24) is 4.98 Å². The van der Waals surface area contributed by atoms with E-state index in [0.29, 0.717) is 22.8 Å². The molecule has 110 valence electrons. The lowest BCUT2D eigenvalue weighted by atomic mass is 10.0. The summed E-state index contributed by atoms with van der Waals surface area (Å²) in [7, 11) is 0. The maximum atomic E-state index is 12.5. The second-order valence-electron chi connectivity index (χ2n) is 4.81. The quantitative estimate of drug-likeness (QED) is 0.704. The lowest BCUT2D eigenvalue weighted by Crippen LogP contribution is -2.27. The molecule has 0 saturated heterocycles. The molecule has 4 heteroatoms. The summed E-state index contributed by atoms with van der Waals surface area (Å²) in [6, 6.07) is 10.6. The Labute approximate surface area is 129 Å². The molecule has 0 aliphatic heterocycles. The van der Waals surface area contributed by atoms with Gasteiger partial charge in [-0.3, -0.25) is 9.78 Å². The molecule has 0 amide bonds. The minimum Gasteiger partial charge on any atom is -0.482 e. The SMILES string of the molecule is CCCCC(Oc1ccc(Cl)cc1)C(=O)c1cccnc1. The molecule has 2 rings (SSSR count). The van der Waals surface area contributed by atoms with Crippen LogP contribution in [0.5, 0.6) is 5.75 Å². The van der Waals surface area contributed by atoms with Gasteiger partial charge in [-0.15, -0.1) is 0 Å². The molecule has 21 heavy (non-hydrogen) atoms. The van der Waals surface area contributed by atoms with Crippen LogP contribution in [0.3, 0.4) is 0 Å². The number of ether oxygens (including phenoxy) is 1. The molecule has 1 heterocycles. The number of rotatable bonds is 7. The summed E-state index contributed by atoms with van der Waals surface area (Å²) in [5, 5.41) is 0.644. The van der Waals surface area contributed by atoms with Gasteiger partial charge in [-0.2, -0.15) is 0 Å². The van der Waals surface area contributed by atoms with E-state index in [-0.39, 0.29) is 5.78 Å². The summed E-state index contributed by atoms with van der Waals surface area (Å²) in [6.45, 7) is 2.09. The first-order chi connectivity index (χ1) is 10.2. The Morgan fingerprint density at radius 3 is 2.67 bits per heavy atom. The fraction of sp³-hybridized carbons (Fsp3) is 0.294. The van der Waals surface area contributed by atoms with Crippen LogP contribution in [0.2, 0.25) is 5.02 Å². The van der Waals surface area contributed by atoms with Gasteiger partial charge in [0.2, 0.25) is 5.78 Å². The molecule has 1 atom stereocenters. The number of ketones is 1. The smallest absolute Gasteiger partial charge is 0.204 e. The van der Waals surface area contributed by atoms with Crippen LogP contribution < -0.4 is 4.74 Å². The Kier molecular flexibility index (Phi) is 5.76. The fourth-order valence-corrected chi connectivity index (χ4v) is 2.13. The molecule has 0 radical (unpaired) electrons. The minimum absolute atomic E-state index is 0.0356. The van der Waals surface area contributed by atoms with Gasteiger partial charge in [-0.25, -0.2) is 0 Å². The van der Waals surface area contributed by atoms with E-state index in [1.54, 1.807) is 48.8 Å². The second-order valence-corrected chi connectivity index (χ2v) is 5.25. The molecular weight excluding hydrogens is 286 g/mol. The van der Waals surface area contributed by atoms with Crippen molar-refractivity contribution in [1.29, 1.82) is 0 Å². The molecule has 3 nitrogen and oxygen atoms in total. The first kappa shape index (κ1) is 15.5. The van der Waals surface area contributed by atoms with E-state index in [0.717, 1.165) is 12.8 Å². The van der Waals surface area contributed by atoms with Crippen LogP contribution >= 0.6 is 11.6 Å². The summed E-state index contributed by atoms with van der Waals surface area (Å²) in [5.41, 5.74) is 0.576. The number of nitrogens with zero attached hydrogens (tertiary/aromatic N) is 1. The molecule has 2 aromatic rings. The van der Waals surface area contributed by atoms with Crippen molar-refractivity contribution in [3.05, 3.63) is 59.4 Å². The lowest BCUT2D eigenvalue weighted by molar-refractivity contribution is 0.0774. The number of carbonyl (C=O) groups is 1. The molecule has 0 spiro atoms. The highest BCUT2D eigenvalue weighted by Crippen LogP contribution is 2.20. The number of pyridine rings is 1. The van der Waals surface area contributed by atoms with Gasteiger partial charge in [0.05, 0.1) is 0 Å². The molecule has 1 aromatic heterocycles. The summed E-state index contributed by atoms with van der Waals surface area (Å²) < 4.78 is 5.85. The van der Waals surface area contributed by atoms with Crippen LogP contribution in [0.15, 0.2) is 48.8 Å². The number of hydrogen-bond donors (Lipinski definition) is 0. The van der Waals surface area contributed by atoms with Crippen LogP contribution in [0.4, 0.5) is 0 Å². The molecule has 0 aliphatic carbocycles. The van der Waals surface area contributed by atoms with Gasteiger partial charge in [0.25, 0.3) is 0 Å². The van der Waals surface area contributed by atoms with Crippen molar-refractivity contribution in [2.45, 2.75) is 32.3 Å². The van der Waals surface area contributed by atoms with Crippen molar-refractivity contribution < 1.29 is 9.53 Å². The van der Waals surface area contributed by atoms with Crippen LogP contribution in [-0.4, -0.2) is 16.9 Å². The van der Waals surface area contributed by atoms with Crippen molar-refractivity contribution >= 4 is 17.4 Å². The lowest BCUT2D eigenvalue weighted by Gasteiger charge is -2.18. The average Bonchev–Trinajstić information content (AvgIpc) is 2.53. The van der Waals surface area contributed by atoms with Crippen molar-refractivity contribution in [2.24, 2.45) is 0 Å². The number of hydrogen-bond acceptors (Lipinski definition) is 3. The maximum absolute atomic E-state index is 12.5. The van der Waals surface area contributed by atoms with E-state index < -0.39 is 6.10 Å². The molecule has 1 unspecified atom stereocenters. The number of unbranched alkanes of at least 4 members (excludes halogenated alkanes) is 1. The normalized spacial score (nSPS) is 11.9. The van der Waals surface area contributed by atoms with Gasteiger partial charge in [0.1, 0.15) is 5.75 Å². The molecule has 0 saturated carbocycles. The van der Waals surface area contributed by atoms with Gasteiger partial charge in [0.15, 0.2) is 6.10 Å². The van der Waals surface area contributed by atoms with Crippen molar-refractivity contribution in [3.63, 3.8) is 0 Å². The zero-order valence-corrected chi connectivity index (χ0v) is 12.7. The topological polar surface area (TPSA) is 39.2 Å². The highest BCUT2D eigenvalue weighted by Gasteiger charge is 2.21. The first-order valence-electron chi connectivity index (χ1n) is 7.07. The second kappa shape index (κ2) is 7.79. The molecule has 1 aromatic carbocycles. The van der Waals surface area contributed by atoms with E-state index in [4.69, 9.17) is 16.3 Å². The van der Waals surface area contributed by atoms with Gasteiger partial charge in [-0.05, 0) is 49.2 Å². The Morgan fingerprint density at radius 1 is 1.29 bits per heavy atom. The van der Waals surface area contributed by atoms with Gasteiger partial charge >= 0.3 is 0 Å². The van der Waals surface area contributed by atoms with E-state index in [2.05, 4.69) is 11.9 Å². The van der Waals surface area contributed by atoms with E-state index in [1.165, 1.54) is 0 Å². The third-order valence-corrected chi connectivity index (χ3v) is 3.40. The Bertz CT molecular complexity index is 569. The molecule has 0 aliphatic rings. The van der Waals surface area contributed by atoms with Crippen LogP contribution in [0.25, 0.3) is 0 Å². The predicted octanol–water partition coefficient (Wildman–Crippen LogP) is 4.56. The Hall–Kier alpha value is -1.87. The Morgan fingerprint density at radius 2 is 2.05 bits per heavy atom. The van der Waals surface area contributed by atoms with Crippen LogP contribution in [-0.2, 0) is 0 Å². The summed E-state index contributed by atoms with van der Waals surface area (Å²) in [6.07, 6.45) is 5.37. The van der Waals surface area contributed by atoms with Crippen LogP contribution in [0.1, 0.15) is 36.5 Å². The summed E-state index contributed by atoms with van der Waals surface area (Å²) in [5.74, 6) is 0.615. The zero-order valence-electron chi connectivity index (χ0n) is 12.0. The third kappa shape index (κ3) is 4.57. The number of halogens is 1. The van der Waals surface area contributed by atoms with E-state index in [1.807, 2.05) is 0 Å². The molecule has 0 fully saturated rings. The van der Waals surface area contributed by atoms with Crippen molar-refractivity contribution in [2.75, 3.05) is 0 Å². The monoisotopic (exact) mass is 303 g/mol. The number of Topliss-reactive ketones (excluding diaryl/α,β-unsaturated/α-hetero) is 1. The highest BCUT2D eigenvalue weighted by molar-refractivity contribution is 6.30. The molecule has 0 N–H and O–H groups in total. The number of carbonyl (C=O) groups excluding carboxylic acids is 1. The van der Waals surface area contributed by atoms with Crippen LogP contribution in [0, 0.1) is 0 Å². The largest absolute Gasteiger partial charge is 0.482 e. The van der Waals surface area contributed by atoms with Crippen molar-refractivity contribution in [3.8, 4) is 5.75 Å². The fourth-order valence-electron chi connectivity index (χ4n) is 2.00. The first-order valence-corrected chi connectivity index (χ1v) is 7.45. The predicted molar refractivity (Wildman–Crippen MR) is 84.0 cm³/mol. The number of aromatic nitrogens is 1. The summed E-state index contributed by atoms with van der Waals surface area (Å²) in [4.78, 5) is 16.5. The van der Waals surface area contributed by atoms with Gasteiger partial charge < -0.3 is 4.74 Å². The molecule has 0 bridgehead atoms. The number of benzene rings is 1. The minimum atomic E-state index is -0.490. The standard InChI is InChI=1S/C17H18ClNO2/c1-2-3-6-16(17(20)13-5-4-11-19-12-13)21-15-9-7-14(18)8-10-15/h4-5,7-12,16H,2-3,6H2,1H3. The Balaban J connectivity index is 2.14. The zero-order chi connectivity index (χ0) is 15.1. The van der Waals surface area contributed by atoms with E-state index >= 15 is 0 Å². The highest BCUT2D eigenvalue weighted by atomic mass is 35.5. The van der Waals surface area contributed by atoms with Gasteiger partial charge in [-0.1, -0.05) is 24.9 Å². The maximum Gasteiger partial charge on any atom is 0.204 e.